The van der Waals surface area contributed by atoms with Gasteiger partial charge in [0.05, 0.1) is 19.8 Å². The van der Waals surface area contributed by atoms with E-state index in [0.717, 1.165) is 6.04 Å². The molecule has 0 amide bonds. The van der Waals surface area contributed by atoms with Gasteiger partial charge in [-0.25, -0.2) is 4.98 Å². The van der Waals surface area contributed by atoms with Crippen LogP contribution in [0.25, 0.3) is 11.2 Å². The topological polar surface area (TPSA) is 124 Å². The molecule has 10 nitrogen and oxygen atoms in total. The molecule has 0 aliphatic carbocycles. The number of nitrogens with zero attached hydrogens (tertiary/aromatic N) is 4. The van der Waals surface area contributed by atoms with Gasteiger partial charge in [-0.2, -0.15) is 9.97 Å². The average molecular weight is 484 g/mol. The van der Waals surface area contributed by atoms with Gasteiger partial charge in [-0.1, -0.05) is 26.2 Å². The summed E-state index contributed by atoms with van der Waals surface area (Å²) in [5.74, 6) is 2.35. The van der Waals surface area contributed by atoms with E-state index < -0.39 is 15.7 Å². The van der Waals surface area contributed by atoms with E-state index in [1.165, 1.54) is 10.5 Å². The standard InChI is InChI=1S/C20H34N5O5PSi/c1-8-29-31(26,30-9-2)12-10-15(3)14-28-25-16(4)22-17-18(25)23-20(21)24-19(17)27-11-13-32(5,6)7/h10,12H,3,8-9,11,13-14H2,1-2,4-7H3,(H2,21,23,24). The minimum Gasteiger partial charge on any atom is -0.476 e. The van der Waals surface area contributed by atoms with Gasteiger partial charge in [-0.05, 0) is 38.5 Å². The van der Waals surface area contributed by atoms with Gasteiger partial charge in [0.15, 0.2) is 5.52 Å². The fraction of sp³-hybridized carbons (Fsp3) is 0.550. The Balaban J connectivity index is 2.16. The summed E-state index contributed by atoms with van der Waals surface area (Å²) < 4.78 is 30.3. The van der Waals surface area contributed by atoms with Gasteiger partial charge < -0.3 is 24.4 Å². The van der Waals surface area contributed by atoms with Gasteiger partial charge in [-0.3, -0.25) is 4.57 Å². The van der Waals surface area contributed by atoms with Crippen LogP contribution in [0.5, 0.6) is 5.88 Å². The van der Waals surface area contributed by atoms with Gasteiger partial charge in [0, 0.05) is 13.9 Å². The third kappa shape index (κ3) is 7.44. The van der Waals surface area contributed by atoms with Gasteiger partial charge in [0.2, 0.25) is 17.5 Å². The van der Waals surface area contributed by atoms with Crippen LogP contribution in [-0.4, -0.2) is 54.2 Å². The van der Waals surface area contributed by atoms with Crippen molar-refractivity contribution in [1.82, 2.24) is 19.7 Å². The van der Waals surface area contributed by atoms with Gasteiger partial charge in [-0.15, -0.1) is 4.73 Å². The Morgan fingerprint density at radius 3 is 2.44 bits per heavy atom. The zero-order chi connectivity index (χ0) is 23.9. The predicted molar refractivity (Wildman–Crippen MR) is 129 cm³/mol. The first-order valence-corrected chi connectivity index (χ1v) is 15.8. The molecule has 2 aromatic rings. The van der Waals surface area contributed by atoms with Crippen molar-refractivity contribution in [1.29, 1.82) is 0 Å². The summed E-state index contributed by atoms with van der Waals surface area (Å²) in [5.41, 5.74) is 7.33. The van der Waals surface area contributed by atoms with Gasteiger partial charge in [0.1, 0.15) is 12.4 Å². The van der Waals surface area contributed by atoms with Crippen LogP contribution in [-0.2, 0) is 13.6 Å². The maximum absolute atomic E-state index is 12.5. The maximum atomic E-state index is 12.5. The molecule has 2 heterocycles. The average Bonchev–Trinajstić information content (AvgIpc) is 2.99. The van der Waals surface area contributed by atoms with E-state index in [4.69, 9.17) is 24.4 Å². The lowest BCUT2D eigenvalue weighted by Crippen LogP contribution is -2.22. The molecule has 0 radical (unpaired) electrons. The number of aromatic nitrogens is 4. The normalized spacial score (nSPS) is 12.6. The van der Waals surface area contributed by atoms with Crippen LogP contribution >= 0.6 is 7.60 Å². The van der Waals surface area contributed by atoms with Crippen LogP contribution in [0.3, 0.4) is 0 Å². The van der Waals surface area contributed by atoms with Crippen LogP contribution in [0.2, 0.25) is 25.7 Å². The van der Waals surface area contributed by atoms with Crippen molar-refractivity contribution >= 4 is 32.8 Å². The molecule has 0 saturated carbocycles. The number of rotatable bonds is 13. The van der Waals surface area contributed by atoms with E-state index in [2.05, 4.69) is 41.2 Å². The number of imidazole rings is 1. The van der Waals surface area contributed by atoms with E-state index in [0.29, 0.717) is 35.0 Å². The second-order valence-corrected chi connectivity index (χ2v) is 15.8. The first kappa shape index (κ1) is 26.1. The number of aryl methyl sites for hydroxylation is 1. The Kier molecular flexibility index (Phi) is 9.03. The fourth-order valence-electron chi connectivity index (χ4n) is 2.62. The highest BCUT2D eigenvalue weighted by molar-refractivity contribution is 7.57. The van der Waals surface area contributed by atoms with Crippen molar-refractivity contribution in [2.45, 2.75) is 46.5 Å². The quantitative estimate of drug-likeness (QED) is 0.253. The molecule has 0 aliphatic rings. The molecule has 12 heteroatoms. The summed E-state index contributed by atoms with van der Waals surface area (Å²) >= 11 is 0. The lowest BCUT2D eigenvalue weighted by Gasteiger charge is -2.15. The first-order chi connectivity index (χ1) is 15.0. The molecule has 2 aromatic heterocycles. The molecule has 0 aliphatic heterocycles. The number of ether oxygens (including phenoxy) is 1. The fourth-order valence-corrected chi connectivity index (χ4v) is 4.70. The number of anilines is 1. The highest BCUT2D eigenvalue weighted by atomic mass is 31.2. The third-order valence-corrected chi connectivity index (χ3v) is 7.65. The summed E-state index contributed by atoms with van der Waals surface area (Å²) in [6.07, 6.45) is 1.56. The van der Waals surface area contributed by atoms with Crippen molar-refractivity contribution in [2.24, 2.45) is 0 Å². The summed E-state index contributed by atoms with van der Waals surface area (Å²) in [6.45, 7) is 17.2. The smallest absolute Gasteiger partial charge is 0.354 e. The zero-order valence-electron chi connectivity index (χ0n) is 19.8. The van der Waals surface area contributed by atoms with E-state index in [-0.39, 0.29) is 25.8 Å². The summed E-state index contributed by atoms with van der Waals surface area (Å²) in [6, 6.07) is 0.980. The molecular formula is C20H34N5O5PSi. The van der Waals surface area contributed by atoms with Crippen LogP contribution in [0, 0.1) is 6.92 Å². The molecule has 2 rings (SSSR count). The van der Waals surface area contributed by atoms with Crippen molar-refractivity contribution in [3.05, 3.63) is 29.9 Å². The number of fused-ring (bicyclic) bond motifs is 1. The Labute approximate surface area is 190 Å². The molecule has 0 bridgehead atoms. The molecule has 0 unspecified atom stereocenters. The Hall–Kier alpha value is -2.20. The van der Waals surface area contributed by atoms with Crippen LogP contribution in [0.1, 0.15) is 19.7 Å². The second-order valence-electron chi connectivity index (χ2n) is 8.29. The first-order valence-electron chi connectivity index (χ1n) is 10.5. The largest absolute Gasteiger partial charge is 0.476 e. The van der Waals surface area contributed by atoms with Crippen molar-refractivity contribution in [3.63, 3.8) is 0 Å². The van der Waals surface area contributed by atoms with Crippen LogP contribution in [0.4, 0.5) is 5.95 Å². The molecular weight excluding hydrogens is 449 g/mol. The van der Waals surface area contributed by atoms with E-state index >= 15 is 0 Å². The Morgan fingerprint density at radius 1 is 1.19 bits per heavy atom. The minimum atomic E-state index is -3.31. The number of hydrogen-bond donors (Lipinski definition) is 1. The summed E-state index contributed by atoms with van der Waals surface area (Å²) in [7, 11) is -4.57. The van der Waals surface area contributed by atoms with E-state index in [1.54, 1.807) is 26.8 Å². The molecule has 0 fully saturated rings. The second kappa shape index (κ2) is 11.1. The van der Waals surface area contributed by atoms with Crippen LogP contribution < -0.4 is 15.3 Å². The maximum Gasteiger partial charge on any atom is 0.354 e. The molecule has 2 N–H and O–H groups in total. The highest BCUT2D eigenvalue weighted by Crippen LogP contribution is 2.49. The number of nitrogen functional groups attached to an aromatic ring is 1. The summed E-state index contributed by atoms with van der Waals surface area (Å²) in [4.78, 5) is 18.8. The Bertz CT molecular complexity index is 1010. The lowest BCUT2D eigenvalue weighted by molar-refractivity contribution is 0.134. The SMILES string of the molecule is C=C(C=CP(=O)(OCC)OCC)COn1c(C)nc2c(OCC[Si](C)(C)C)nc(N)nc21. The van der Waals surface area contributed by atoms with Crippen LogP contribution in [0.15, 0.2) is 24.0 Å². The predicted octanol–water partition coefficient (Wildman–Crippen LogP) is 4.20. The van der Waals surface area contributed by atoms with Crippen molar-refractivity contribution in [2.75, 3.05) is 32.2 Å². The molecule has 0 saturated heterocycles. The summed E-state index contributed by atoms with van der Waals surface area (Å²) in [5, 5.41) is 0. The minimum absolute atomic E-state index is 0.0679. The van der Waals surface area contributed by atoms with Gasteiger partial charge >= 0.3 is 7.60 Å². The molecule has 0 aromatic carbocycles. The van der Waals surface area contributed by atoms with Crippen molar-refractivity contribution < 1.29 is 23.2 Å². The lowest BCUT2D eigenvalue weighted by atomic mass is 10.3. The molecule has 178 valence electrons. The molecule has 0 atom stereocenters. The van der Waals surface area contributed by atoms with Gasteiger partial charge in [0.25, 0.3) is 0 Å². The number of nitrogens with two attached hydrogens (primary N) is 1. The highest BCUT2D eigenvalue weighted by Gasteiger charge is 2.20. The Morgan fingerprint density at radius 2 is 1.84 bits per heavy atom. The number of hydrogen-bond acceptors (Lipinski definition) is 9. The van der Waals surface area contributed by atoms with Crippen molar-refractivity contribution in [3.8, 4) is 5.88 Å². The molecule has 32 heavy (non-hydrogen) atoms. The van der Waals surface area contributed by atoms with E-state index in [1.807, 2.05) is 0 Å². The third-order valence-electron chi connectivity index (χ3n) is 4.19. The van der Waals surface area contributed by atoms with E-state index in [9.17, 15) is 4.57 Å². The molecule has 0 spiro atoms. The zero-order valence-corrected chi connectivity index (χ0v) is 21.6. The monoisotopic (exact) mass is 483 g/mol.